The predicted octanol–water partition coefficient (Wildman–Crippen LogP) is 0.876. The molecule has 4 nitrogen and oxygen atoms in total. The number of hydrogen-bond donors (Lipinski definition) is 2. The molecular formula is C13H24N2O2. The Labute approximate surface area is 103 Å². The topological polar surface area (TPSA) is 66.6 Å². The minimum atomic E-state index is -0.427. The van der Waals surface area contributed by atoms with Crippen molar-refractivity contribution < 1.29 is 9.90 Å². The van der Waals surface area contributed by atoms with Crippen LogP contribution in [0.2, 0.25) is 0 Å². The van der Waals surface area contributed by atoms with Gasteiger partial charge in [0.15, 0.2) is 0 Å². The number of amides is 1. The number of aliphatic hydroxyl groups is 1. The highest BCUT2D eigenvalue weighted by Crippen LogP contribution is 2.39. The molecular weight excluding hydrogens is 216 g/mol. The second-order valence-electron chi connectivity index (χ2n) is 5.84. The van der Waals surface area contributed by atoms with Gasteiger partial charge in [-0.05, 0) is 39.0 Å². The number of rotatable bonds is 3. The van der Waals surface area contributed by atoms with Gasteiger partial charge >= 0.3 is 0 Å². The van der Waals surface area contributed by atoms with Gasteiger partial charge in [-0.15, -0.1) is 0 Å². The maximum Gasteiger partial charge on any atom is 0.230 e. The molecule has 3 N–H and O–H groups in total. The van der Waals surface area contributed by atoms with Gasteiger partial charge in [0.05, 0.1) is 11.5 Å². The molecule has 0 aromatic carbocycles. The van der Waals surface area contributed by atoms with Crippen LogP contribution < -0.4 is 5.73 Å². The van der Waals surface area contributed by atoms with E-state index in [0.717, 1.165) is 32.1 Å². The lowest BCUT2D eigenvalue weighted by Gasteiger charge is -2.42. The quantitative estimate of drug-likeness (QED) is 0.769. The second-order valence-corrected chi connectivity index (χ2v) is 5.84. The normalized spacial score (nSPS) is 35.8. The molecule has 1 amide bonds. The van der Waals surface area contributed by atoms with Crippen LogP contribution in [0.15, 0.2) is 0 Å². The molecule has 2 saturated heterocycles. The third-order valence-electron chi connectivity index (χ3n) is 4.69. The lowest BCUT2D eigenvalue weighted by Crippen LogP contribution is -2.54. The van der Waals surface area contributed by atoms with Crippen molar-refractivity contribution in [2.45, 2.75) is 64.1 Å². The first-order valence-corrected chi connectivity index (χ1v) is 6.72. The van der Waals surface area contributed by atoms with Crippen molar-refractivity contribution in [3.63, 3.8) is 0 Å². The van der Waals surface area contributed by atoms with Gasteiger partial charge in [0.1, 0.15) is 0 Å². The highest BCUT2D eigenvalue weighted by atomic mass is 16.3. The van der Waals surface area contributed by atoms with Crippen LogP contribution in [0.1, 0.15) is 46.0 Å². The van der Waals surface area contributed by atoms with E-state index >= 15 is 0 Å². The van der Waals surface area contributed by atoms with Crippen molar-refractivity contribution in [2.75, 3.05) is 6.54 Å². The number of nitrogens with two attached hydrogens (primary N) is 1. The summed E-state index contributed by atoms with van der Waals surface area (Å²) in [6, 6.07) is 0.488. The molecule has 0 saturated carbocycles. The molecule has 0 spiro atoms. The molecule has 3 atom stereocenters. The van der Waals surface area contributed by atoms with Gasteiger partial charge in [0, 0.05) is 18.6 Å². The highest BCUT2D eigenvalue weighted by molar-refractivity contribution is 5.83. The molecule has 0 radical (unpaired) electrons. The molecule has 2 bridgehead atoms. The van der Waals surface area contributed by atoms with Crippen molar-refractivity contribution >= 4 is 5.91 Å². The molecule has 98 valence electrons. The van der Waals surface area contributed by atoms with Crippen LogP contribution >= 0.6 is 0 Å². The molecule has 0 aliphatic carbocycles. The summed E-state index contributed by atoms with van der Waals surface area (Å²) >= 11 is 0. The zero-order chi connectivity index (χ0) is 12.6. The number of carbonyl (C=O) groups is 1. The Morgan fingerprint density at radius 2 is 1.94 bits per heavy atom. The Morgan fingerprint density at radius 1 is 1.41 bits per heavy atom. The average Bonchev–Trinajstić information content (AvgIpc) is 2.59. The summed E-state index contributed by atoms with van der Waals surface area (Å²) in [7, 11) is 0. The maximum atomic E-state index is 12.6. The van der Waals surface area contributed by atoms with E-state index in [1.165, 1.54) is 0 Å². The largest absolute Gasteiger partial charge is 0.393 e. The lowest BCUT2D eigenvalue weighted by molar-refractivity contribution is -0.147. The zero-order valence-electron chi connectivity index (χ0n) is 10.9. The Bertz CT molecular complexity index is 288. The van der Waals surface area contributed by atoms with Gasteiger partial charge in [0.25, 0.3) is 0 Å². The third-order valence-corrected chi connectivity index (χ3v) is 4.69. The monoisotopic (exact) mass is 240 g/mol. The van der Waals surface area contributed by atoms with Crippen molar-refractivity contribution in [2.24, 2.45) is 11.1 Å². The van der Waals surface area contributed by atoms with Crippen molar-refractivity contribution in [3.8, 4) is 0 Å². The summed E-state index contributed by atoms with van der Waals surface area (Å²) in [5, 5.41) is 9.74. The van der Waals surface area contributed by atoms with Gasteiger partial charge in [-0.3, -0.25) is 4.79 Å². The Kier molecular flexibility index (Phi) is 3.46. The first-order valence-electron chi connectivity index (χ1n) is 6.72. The van der Waals surface area contributed by atoms with Gasteiger partial charge in [-0.1, -0.05) is 6.92 Å². The Balaban J connectivity index is 2.16. The number of hydrogen-bond acceptors (Lipinski definition) is 3. The van der Waals surface area contributed by atoms with E-state index in [0.29, 0.717) is 6.54 Å². The third kappa shape index (κ3) is 2.08. The molecule has 2 aliphatic rings. The Hall–Kier alpha value is -0.610. The minimum Gasteiger partial charge on any atom is -0.393 e. The molecule has 2 aliphatic heterocycles. The van der Waals surface area contributed by atoms with Gasteiger partial charge in [-0.2, -0.15) is 0 Å². The number of carbonyl (C=O) groups excluding carboxylic acids is 1. The summed E-state index contributed by atoms with van der Waals surface area (Å²) in [5.74, 6) is 0.196. The van der Waals surface area contributed by atoms with E-state index in [9.17, 15) is 9.90 Å². The van der Waals surface area contributed by atoms with Crippen LogP contribution in [-0.4, -0.2) is 40.6 Å². The molecule has 2 rings (SSSR count). The highest BCUT2D eigenvalue weighted by Gasteiger charge is 2.46. The van der Waals surface area contributed by atoms with E-state index in [-0.39, 0.29) is 24.1 Å². The van der Waals surface area contributed by atoms with Crippen LogP contribution in [0.3, 0.4) is 0 Å². The summed E-state index contributed by atoms with van der Waals surface area (Å²) in [4.78, 5) is 14.6. The molecule has 0 aromatic rings. The van der Waals surface area contributed by atoms with Gasteiger partial charge in [-0.25, -0.2) is 0 Å². The second kappa shape index (κ2) is 4.58. The minimum absolute atomic E-state index is 0.196. The molecule has 2 heterocycles. The first kappa shape index (κ1) is 12.8. The van der Waals surface area contributed by atoms with Crippen LogP contribution in [-0.2, 0) is 4.79 Å². The fourth-order valence-corrected chi connectivity index (χ4v) is 3.17. The van der Waals surface area contributed by atoms with Gasteiger partial charge < -0.3 is 15.7 Å². The fourth-order valence-electron chi connectivity index (χ4n) is 3.17. The number of piperidine rings is 1. The van der Waals surface area contributed by atoms with E-state index in [4.69, 9.17) is 5.73 Å². The average molecular weight is 240 g/mol. The fraction of sp³-hybridized carbons (Fsp3) is 0.923. The number of aliphatic hydroxyl groups excluding tert-OH is 1. The molecule has 17 heavy (non-hydrogen) atoms. The maximum absolute atomic E-state index is 12.6. The van der Waals surface area contributed by atoms with Gasteiger partial charge in [0.2, 0.25) is 5.91 Å². The molecule has 3 unspecified atom stereocenters. The first-order chi connectivity index (χ1) is 8.01. The van der Waals surface area contributed by atoms with E-state index in [1.807, 2.05) is 18.7 Å². The summed E-state index contributed by atoms with van der Waals surface area (Å²) < 4.78 is 0. The predicted molar refractivity (Wildman–Crippen MR) is 66.3 cm³/mol. The number of fused-ring (bicyclic) bond motifs is 2. The summed E-state index contributed by atoms with van der Waals surface area (Å²) in [5.41, 5.74) is 5.34. The van der Waals surface area contributed by atoms with Crippen molar-refractivity contribution in [1.29, 1.82) is 0 Å². The van der Waals surface area contributed by atoms with Crippen molar-refractivity contribution in [3.05, 3.63) is 0 Å². The number of nitrogens with zero attached hydrogens (tertiary/aromatic N) is 1. The SMILES string of the molecule is CCC(C)(CN)C(=O)N1C2CCC1CC(O)C2. The van der Waals surface area contributed by atoms with E-state index in [2.05, 4.69) is 0 Å². The van der Waals surface area contributed by atoms with E-state index in [1.54, 1.807) is 0 Å². The smallest absolute Gasteiger partial charge is 0.230 e. The molecule has 4 heteroatoms. The lowest BCUT2D eigenvalue weighted by atomic mass is 9.84. The summed E-state index contributed by atoms with van der Waals surface area (Å²) in [6.07, 6.45) is 4.12. The van der Waals surface area contributed by atoms with Crippen LogP contribution in [0, 0.1) is 5.41 Å². The zero-order valence-corrected chi connectivity index (χ0v) is 10.9. The Morgan fingerprint density at radius 3 is 2.35 bits per heavy atom. The summed E-state index contributed by atoms with van der Waals surface area (Å²) in [6.45, 7) is 4.38. The standard InChI is InChI=1S/C13H24N2O2/c1-3-13(2,8-14)12(17)15-9-4-5-10(15)7-11(16)6-9/h9-11,16H,3-8,14H2,1-2H3. The van der Waals surface area contributed by atoms with Crippen LogP contribution in [0.5, 0.6) is 0 Å². The molecule has 0 aromatic heterocycles. The molecule has 2 fully saturated rings. The van der Waals surface area contributed by atoms with Crippen LogP contribution in [0.4, 0.5) is 0 Å². The van der Waals surface area contributed by atoms with E-state index < -0.39 is 5.41 Å². The van der Waals surface area contributed by atoms with Crippen molar-refractivity contribution in [1.82, 2.24) is 4.90 Å². The van der Waals surface area contributed by atoms with Crippen LogP contribution in [0.25, 0.3) is 0 Å².